The van der Waals surface area contributed by atoms with Crippen molar-refractivity contribution in [2.24, 2.45) is 5.92 Å². The lowest BCUT2D eigenvalue weighted by molar-refractivity contribution is -0.123. The molecule has 5 nitrogen and oxygen atoms in total. The molecule has 0 heterocycles. The summed E-state index contributed by atoms with van der Waals surface area (Å²) in [5.41, 5.74) is 1.51. The molecule has 3 atom stereocenters. The van der Waals surface area contributed by atoms with Gasteiger partial charge in [-0.25, -0.2) is 0 Å². The van der Waals surface area contributed by atoms with E-state index in [-0.39, 0.29) is 24.3 Å². The van der Waals surface area contributed by atoms with Gasteiger partial charge in [0.25, 0.3) is 5.91 Å². The summed E-state index contributed by atoms with van der Waals surface area (Å²) in [5.74, 6) is -0.463. The van der Waals surface area contributed by atoms with Gasteiger partial charge in [0.2, 0.25) is 5.91 Å². The van der Waals surface area contributed by atoms with E-state index in [1.807, 2.05) is 26.8 Å². The van der Waals surface area contributed by atoms with Crippen LogP contribution in [0.5, 0.6) is 0 Å². The van der Waals surface area contributed by atoms with Crippen LogP contribution in [0, 0.1) is 12.8 Å². The Balaban J connectivity index is 2.49. The number of hydrogen-bond acceptors (Lipinski definition) is 3. The molecule has 0 saturated carbocycles. The molecule has 1 aromatic rings. The third-order valence-corrected chi connectivity index (χ3v) is 3.81. The van der Waals surface area contributed by atoms with Crippen molar-refractivity contribution in [1.29, 1.82) is 0 Å². The van der Waals surface area contributed by atoms with E-state index >= 15 is 0 Å². The highest BCUT2D eigenvalue weighted by molar-refractivity contribution is 5.97. The fraction of sp³-hybridized carbons (Fsp3) is 0.529. The van der Waals surface area contributed by atoms with Crippen LogP contribution in [0.3, 0.4) is 0 Å². The highest BCUT2D eigenvalue weighted by atomic mass is 16.3. The van der Waals surface area contributed by atoms with Crippen LogP contribution < -0.4 is 10.6 Å². The molecule has 1 rings (SSSR count). The van der Waals surface area contributed by atoms with Crippen LogP contribution >= 0.6 is 0 Å². The number of hydrogen-bond donors (Lipinski definition) is 3. The molecule has 0 saturated heterocycles. The van der Waals surface area contributed by atoms with Crippen molar-refractivity contribution < 1.29 is 14.7 Å². The summed E-state index contributed by atoms with van der Waals surface area (Å²) < 4.78 is 0. The Morgan fingerprint density at radius 3 is 2.55 bits per heavy atom. The molecule has 0 fully saturated rings. The van der Waals surface area contributed by atoms with Crippen LogP contribution in [0.15, 0.2) is 24.3 Å². The smallest absolute Gasteiger partial charge is 0.251 e. The maximum Gasteiger partial charge on any atom is 0.251 e. The van der Waals surface area contributed by atoms with Gasteiger partial charge in [0.1, 0.15) is 6.04 Å². The second-order valence-electron chi connectivity index (χ2n) is 5.76. The van der Waals surface area contributed by atoms with Gasteiger partial charge in [0.05, 0.1) is 6.10 Å². The SMILES string of the molecule is CCC(C)C(O)CNC(=O)C(C)NC(=O)c1cccc(C)c1. The quantitative estimate of drug-likeness (QED) is 0.716. The molecule has 22 heavy (non-hydrogen) atoms. The van der Waals surface area contributed by atoms with Gasteiger partial charge in [-0.2, -0.15) is 0 Å². The molecule has 0 radical (unpaired) electrons. The molecule has 3 N–H and O–H groups in total. The summed E-state index contributed by atoms with van der Waals surface area (Å²) in [7, 11) is 0. The second kappa shape index (κ2) is 8.54. The fourth-order valence-corrected chi connectivity index (χ4v) is 1.96. The van der Waals surface area contributed by atoms with Gasteiger partial charge in [-0.05, 0) is 31.9 Å². The van der Waals surface area contributed by atoms with Gasteiger partial charge in [-0.15, -0.1) is 0 Å². The topological polar surface area (TPSA) is 78.4 Å². The molecular formula is C17H26N2O3. The number of rotatable bonds is 7. The van der Waals surface area contributed by atoms with Crippen molar-refractivity contribution in [3.8, 4) is 0 Å². The van der Waals surface area contributed by atoms with E-state index < -0.39 is 12.1 Å². The Morgan fingerprint density at radius 1 is 1.27 bits per heavy atom. The first-order chi connectivity index (χ1) is 10.3. The molecule has 0 aliphatic rings. The summed E-state index contributed by atoms with van der Waals surface area (Å²) >= 11 is 0. The third-order valence-electron chi connectivity index (χ3n) is 3.81. The van der Waals surface area contributed by atoms with Gasteiger partial charge in [0.15, 0.2) is 0 Å². The Hall–Kier alpha value is -1.88. The first kappa shape index (κ1) is 18.2. The maximum atomic E-state index is 12.1. The molecule has 122 valence electrons. The van der Waals surface area contributed by atoms with Crippen LogP contribution in [0.2, 0.25) is 0 Å². The zero-order valence-corrected chi connectivity index (χ0v) is 13.7. The Morgan fingerprint density at radius 2 is 1.95 bits per heavy atom. The molecule has 5 heteroatoms. The molecule has 0 bridgehead atoms. The van der Waals surface area contributed by atoms with Crippen LogP contribution in [0.1, 0.15) is 43.1 Å². The van der Waals surface area contributed by atoms with E-state index in [2.05, 4.69) is 10.6 Å². The molecular weight excluding hydrogens is 280 g/mol. The van der Waals surface area contributed by atoms with E-state index in [4.69, 9.17) is 0 Å². The molecule has 0 aromatic heterocycles. The monoisotopic (exact) mass is 306 g/mol. The van der Waals surface area contributed by atoms with Crippen molar-refractivity contribution in [2.45, 2.75) is 46.3 Å². The number of nitrogens with one attached hydrogen (secondary N) is 2. The number of carbonyl (C=O) groups is 2. The number of carbonyl (C=O) groups excluding carboxylic acids is 2. The highest BCUT2D eigenvalue weighted by Gasteiger charge is 2.19. The average Bonchev–Trinajstić information content (AvgIpc) is 2.51. The van der Waals surface area contributed by atoms with Crippen molar-refractivity contribution in [3.63, 3.8) is 0 Å². The zero-order valence-electron chi connectivity index (χ0n) is 13.7. The number of aliphatic hydroxyl groups is 1. The number of aliphatic hydroxyl groups excluding tert-OH is 1. The van der Waals surface area contributed by atoms with Crippen LogP contribution in [0.4, 0.5) is 0 Å². The van der Waals surface area contributed by atoms with E-state index in [0.717, 1.165) is 12.0 Å². The standard InChI is InChI=1S/C17H26N2O3/c1-5-12(3)15(20)10-18-16(21)13(4)19-17(22)14-8-6-7-11(2)9-14/h6-9,12-13,15,20H,5,10H2,1-4H3,(H,18,21)(H,19,22). The Labute approximate surface area is 132 Å². The van der Waals surface area contributed by atoms with Crippen LogP contribution in [-0.2, 0) is 4.79 Å². The minimum absolute atomic E-state index is 0.123. The van der Waals surface area contributed by atoms with Crippen molar-refractivity contribution in [1.82, 2.24) is 10.6 Å². The number of amides is 2. The van der Waals surface area contributed by atoms with Crippen molar-refractivity contribution in [2.75, 3.05) is 6.54 Å². The van der Waals surface area contributed by atoms with Crippen LogP contribution in [0.25, 0.3) is 0 Å². The number of benzene rings is 1. The van der Waals surface area contributed by atoms with E-state index in [1.54, 1.807) is 25.1 Å². The summed E-state index contributed by atoms with van der Waals surface area (Å²) in [6.45, 7) is 7.64. The molecule has 2 amide bonds. The molecule has 1 aromatic carbocycles. The van der Waals surface area contributed by atoms with Gasteiger partial charge in [-0.3, -0.25) is 9.59 Å². The Bertz CT molecular complexity index is 516. The van der Waals surface area contributed by atoms with Gasteiger partial charge in [-0.1, -0.05) is 38.0 Å². The predicted molar refractivity (Wildman–Crippen MR) is 86.6 cm³/mol. The van der Waals surface area contributed by atoms with E-state index in [9.17, 15) is 14.7 Å². The first-order valence-electron chi connectivity index (χ1n) is 7.68. The maximum absolute atomic E-state index is 12.1. The van der Waals surface area contributed by atoms with E-state index in [1.165, 1.54) is 0 Å². The van der Waals surface area contributed by atoms with Crippen LogP contribution in [-0.4, -0.2) is 35.6 Å². The zero-order chi connectivity index (χ0) is 16.7. The molecule has 0 aliphatic heterocycles. The normalized spacial score (nSPS) is 14.8. The second-order valence-corrected chi connectivity index (χ2v) is 5.76. The minimum atomic E-state index is -0.655. The third kappa shape index (κ3) is 5.48. The van der Waals surface area contributed by atoms with Gasteiger partial charge < -0.3 is 15.7 Å². The lowest BCUT2D eigenvalue weighted by Gasteiger charge is -2.19. The summed E-state index contributed by atoms with van der Waals surface area (Å²) in [4.78, 5) is 24.0. The van der Waals surface area contributed by atoms with Crippen molar-refractivity contribution in [3.05, 3.63) is 35.4 Å². The lowest BCUT2D eigenvalue weighted by atomic mass is 10.0. The highest BCUT2D eigenvalue weighted by Crippen LogP contribution is 2.06. The van der Waals surface area contributed by atoms with Gasteiger partial charge in [0, 0.05) is 12.1 Å². The Kier molecular flexibility index (Phi) is 7.05. The predicted octanol–water partition coefficient (Wildman–Crippen LogP) is 1.64. The average molecular weight is 306 g/mol. The lowest BCUT2D eigenvalue weighted by Crippen LogP contribution is -2.47. The fourth-order valence-electron chi connectivity index (χ4n) is 1.96. The van der Waals surface area contributed by atoms with E-state index in [0.29, 0.717) is 5.56 Å². The van der Waals surface area contributed by atoms with Crippen molar-refractivity contribution >= 4 is 11.8 Å². The largest absolute Gasteiger partial charge is 0.391 e. The molecule has 3 unspecified atom stereocenters. The number of aryl methyl sites for hydroxylation is 1. The summed E-state index contributed by atoms with van der Waals surface area (Å²) in [5, 5.41) is 15.2. The first-order valence-corrected chi connectivity index (χ1v) is 7.68. The molecule has 0 spiro atoms. The summed E-state index contributed by atoms with van der Waals surface area (Å²) in [6.07, 6.45) is 0.269. The molecule has 0 aliphatic carbocycles. The summed E-state index contributed by atoms with van der Waals surface area (Å²) in [6, 6.07) is 6.53. The minimum Gasteiger partial charge on any atom is -0.391 e. The van der Waals surface area contributed by atoms with Gasteiger partial charge >= 0.3 is 0 Å².